The van der Waals surface area contributed by atoms with Gasteiger partial charge in [-0.15, -0.1) is 11.8 Å². The average molecular weight is 267 g/mol. The Morgan fingerprint density at radius 1 is 1.22 bits per heavy atom. The van der Waals surface area contributed by atoms with Crippen molar-refractivity contribution < 1.29 is 9.47 Å². The fourth-order valence-corrected chi connectivity index (χ4v) is 2.55. The molecule has 1 aliphatic carbocycles. The van der Waals surface area contributed by atoms with E-state index in [2.05, 4.69) is 17.4 Å². The maximum atomic E-state index is 5.46. The van der Waals surface area contributed by atoms with Crippen LogP contribution < -0.4 is 14.8 Å². The zero-order valence-electron chi connectivity index (χ0n) is 11.3. The Kier molecular flexibility index (Phi) is 4.78. The average Bonchev–Trinajstić information content (AvgIpc) is 3.22. The summed E-state index contributed by atoms with van der Waals surface area (Å²) in [5, 5.41) is 3.52. The summed E-state index contributed by atoms with van der Waals surface area (Å²) < 4.78 is 10.9. The Hall–Kier alpha value is -0.870. The largest absolute Gasteiger partial charge is 0.496 e. The molecule has 1 fully saturated rings. The maximum Gasteiger partial charge on any atom is 0.132 e. The van der Waals surface area contributed by atoms with E-state index in [1.807, 2.05) is 6.26 Å². The van der Waals surface area contributed by atoms with Gasteiger partial charge in [-0.25, -0.2) is 0 Å². The maximum absolute atomic E-state index is 5.46. The minimum Gasteiger partial charge on any atom is -0.496 e. The van der Waals surface area contributed by atoms with Gasteiger partial charge in [0.15, 0.2) is 0 Å². The van der Waals surface area contributed by atoms with E-state index < -0.39 is 0 Å². The van der Waals surface area contributed by atoms with Crippen LogP contribution in [0.5, 0.6) is 11.5 Å². The quantitative estimate of drug-likeness (QED) is 0.770. The van der Waals surface area contributed by atoms with Crippen molar-refractivity contribution >= 4 is 11.8 Å². The number of nitrogens with one attached hydrogen (secondary N) is 1. The smallest absolute Gasteiger partial charge is 0.132 e. The van der Waals surface area contributed by atoms with Crippen LogP contribution in [0.15, 0.2) is 17.0 Å². The normalized spacial score (nSPS) is 14.6. The standard InChI is InChI=1S/C14H21NO2S/c1-16-12-9-14(18-3)13(17-2)8-10(12)6-7-15-11-4-5-11/h8-9,11,15H,4-7H2,1-3H3. The molecule has 2 rings (SSSR count). The molecule has 0 amide bonds. The van der Waals surface area contributed by atoms with Gasteiger partial charge in [-0.05, 0) is 49.8 Å². The topological polar surface area (TPSA) is 30.5 Å². The third kappa shape index (κ3) is 3.33. The van der Waals surface area contributed by atoms with Crippen molar-refractivity contribution in [2.75, 3.05) is 27.0 Å². The van der Waals surface area contributed by atoms with Crippen molar-refractivity contribution in [3.63, 3.8) is 0 Å². The van der Waals surface area contributed by atoms with Crippen molar-refractivity contribution in [3.8, 4) is 11.5 Å². The first-order valence-corrected chi connectivity index (χ1v) is 7.53. The molecule has 1 saturated carbocycles. The molecule has 0 aromatic heterocycles. The highest BCUT2D eigenvalue weighted by Crippen LogP contribution is 2.34. The number of methoxy groups -OCH3 is 2. The number of thioether (sulfide) groups is 1. The molecule has 3 nitrogen and oxygen atoms in total. The van der Waals surface area contributed by atoms with Gasteiger partial charge in [0.2, 0.25) is 0 Å². The van der Waals surface area contributed by atoms with Gasteiger partial charge in [-0.2, -0.15) is 0 Å². The van der Waals surface area contributed by atoms with Crippen molar-refractivity contribution in [2.45, 2.75) is 30.2 Å². The summed E-state index contributed by atoms with van der Waals surface area (Å²) in [5.74, 6) is 1.89. The number of rotatable bonds is 7. The van der Waals surface area contributed by atoms with E-state index in [0.717, 1.165) is 35.4 Å². The van der Waals surface area contributed by atoms with E-state index in [9.17, 15) is 0 Å². The summed E-state index contributed by atoms with van der Waals surface area (Å²) in [6, 6.07) is 4.92. The first kappa shape index (κ1) is 13.6. The van der Waals surface area contributed by atoms with Gasteiger partial charge in [0.05, 0.1) is 19.1 Å². The fourth-order valence-electron chi connectivity index (χ4n) is 1.99. The summed E-state index contributed by atoms with van der Waals surface area (Å²) in [5.41, 5.74) is 1.21. The van der Waals surface area contributed by atoms with Crippen LogP contribution in [0.3, 0.4) is 0 Å². The molecule has 0 aliphatic heterocycles. The first-order chi connectivity index (χ1) is 8.78. The van der Waals surface area contributed by atoms with Gasteiger partial charge < -0.3 is 14.8 Å². The highest BCUT2D eigenvalue weighted by Gasteiger charge is 2.20. The lowest BCUT2D eigenvalue weighted by Gasteiger charge is -2.14. The summed E-state index contributed by atoms with van der Waals surface area (Å²) in [6.07, 6.45) is 5.67. The van der Waals surface area contributed by atoms with Crippen LogP contribution in [0, 0.1) is 0 Å². The fraction of sp³-hybridized carbons (Fsp3) is 0.571. The predicted octanol–water partition coefficient (Wildman–Crippen LogP) is 2.72. The number of ether oxygens (including phenoxy) is 2. The highest BCUT2D eigenvalue weighted by atomic mass is 32.2. The van der Waals surface area contributed by atoms with Crippen LogP contribution in [-0.2, 0) is 6.42 Å². The molecular weight excluding hydrogens is 246 g/mol. The Bertz CT molecular complexity index is 405. The summed E-state index contributed by atoms with van der Waals surface area (Å²) in [6.45, 7) is 1.00. The number of hydrogen-bond donors (Lipinski definition) is 1. The second-order valence-electron chi connectivity index (χ2n) is 4.50. The SMILES string of the molecule is COc1cc(SC)c(OC)cc1CCNC1CC1. The molecule has 0 saturated heterocycles. The van der Waals surface area contributed by atoms with Gasteiger partial charge in [0, 0.05) is 6.04 Å². The Morgan fingerprint density at radius 3 is 2.50 bits per heavy atom. The van der Waals surface area contributed by atoms with Crippen LogP contribution in [0.4, 0.5) is 0 Å². The van der Waals surface area contributed by atoms with E-state index in [1.165, 1.54) is 18.4 Å². The molecule has 0 atom stereocenters. The predicted molar refractivity (Wildman–Crippen MR) is 76.1 cm³/mol. The molecule has 1 aliphatic rings. The molecule has 0 spiro atoms. The lowest BCUT2D eigenvalue weighted by molar-refractivity contribution is 0.390. The van der Waals surface area contributed by atoms with Crippen molar-refractivity contribution in [1.82, 2.24) is 5.32 Å². The highest BCUT2D eigenvalue weighted by molar-refractivity contribution is 7.98. The van der Waals surface area contributed by atoms with E-state index in [4.69, 9.17) is 9.47 Å². The zero-order valence-corrected chi connectivity index (χ0v) is 12.1. The van der Waals surface area contributed by atoms with E-state index in [1.54, 1.807) is 26.0 Å². The van der Waals surface area contributed by atoms with Crippen molar-refractivity contribution in [1.29, 1.82) is 0 Å². The van der Waals surface area contributed by atoms with Crippen LogP contribution in [0.25, 0.3) is 0 Å². The Labute approximate surface area is 113 Å². The van der Waals surface area contributed by atoms with Crippen LogP contribution >= 0.6 is 11.8 Å². The first-order valence-electron chi connectivity index (χ1n) is 6.30. The molecule has 1 N–H and O–H groups in total. The molecule has 18 heavy (non-hydrogen) atoms. The van der Waals surface area contributed by atoms with E-state index in [0.29, 0.717) is 0 Å². The molecular formula is C14H21NO2S. The number of hydrogen-bond acceptors (Lipinski definition) is 4. The van der Waals surface area contributed by atoms with Crippen molar-refractivity contribution in [3.05, 3.63) is 17.7 Å². The third-order valence-corrected chi connectivity index (χ3v) is 3.95. The van der Waals surface area contributed by atoms with Crippen LogP contribution in [-0.4, -0.2) is 33.1 Å². The van der Waals surface area contributed by atoms with Gasteiger partial charge >= 0.3 is 0 Å². The Morgan fingerprint density at radius 2 is 1.94 bits per heavy atom. The van der Waals surface area contributed by atoms with Gasteiger partial charge in [0.25, 0.3) is 0 Å². The molecule has 0 bridgehead atoms. The number of benzene rings is 1. The summed E-state index contributed by atoms with van der Waals surface area (Å²) in [4.78, 5) is 1.12. The monoisotopic (exact) mass is 267 g/mol. The summed E-state index contributed by atoms with van der Waals surface area (Å²) in [7, 11) is 3.44. The minimum atomic E-state index is 0.753. The molecule has 0 heterocycles. The molecule has 4 heteroatoms. The van der Waals surface area contributed by atoms with E-state index in [-0.39, 0.29) is 0 Å². The lowest BCUT2D eigenvalue weighted by Crippen LogP contribution is -2.19. The molecule has 0 radical (unpaired) electrons. The van der Waals surface area contributed by atoms with E-state index >= 15 is 0 Å². The third-order valence-electron chi connectivity index (χ3n) is 3.19. The molecule has 1 aromatic carbocycles. The van der Waals surface area contributed by atoms with Crippen LogP contribution in [0.2, 0.25) is 0 Å². The second-order valence-corrected chi connectivity index (χ2v) is 5.35. The summed E-state index contributed by atoms with van der Waals surface area (Å²) >= 11 is 1.68. The zero-order chi connectivity index (χ0) is 13.0. The van der Waals surface area contributed by atoms with Gasteiger partial charge in [0.1, 0.15) is 11.5 Å². The van der Waals surface area contributed by atoms with Crippen molar-refractivity contribution in [2.24, 2.45) is 0 Å². The minimum absolute atomic E-state index is 0.753. The molecule has 100 valence electrons. The molecule has 0 unspecified atom stereocenters. The van der Waals surface area contributed by atoms with Crippen LogP contribution in [0.1, 0.15) is 18.4 Å². The van der Waals surface area contributed by atoms with Gasteiger partial charge in [-0.3, -0.25) is 0 Å². The molecule has 1 aromatic rings. The Balaban J connectivity index is 2.09. The second kappa shape index (κ2) is 6.34. The van der Waals surface area contributed by atoms with Gasteiger partial charge in [-0.1, -0.05) is 0 Å². The lowest BCUT2D eigenvalue weighted by atomic mass is 10.1.